The minimum Gasteiger partial charge on any atom is -0.497 e. The fourth-order valence-corrected chi connectivity index (χ4v) is 4.55. The summed E-state index contributed by atoms with van der Waals surface area (Å²) < 4.78 is 22.7. The lowest BCUT2D eigenvalue weighted by Gasteiger charge is -2.41. The molecule has 0 aliphatic rings. The van der Waals surface area contributed by atoms with Gasteiger partial charge in [-0.2, -0.15) is 0 Å². The lowest BCUT2D eigenvalue weighted by atomic mass is 9.92. The minimum absolute atomic E-state index is 0.0194. The molecule has 30 heavy (non-hydrogen) atoms. The third kappa shape index (κ3) is 5.67. The third-order valence-corrected chi connectivity index (χ3v) is 10.5. The average molecular weight is 434 g/mol. The zero-order valence-corrected chi connectivity index (χ0v) is 20.3. The number of furan rings is 1. The average Bonchev–Trinajstić information content (AvgIpc) is 3.21. The molecule has 0 bridgehead atoms. The van der Waals surface area contributed by atoms with Gasteiger partial charge in [-0.1, -0.05) is 20.8 Å². The number of hydrogen-bond acceptors (Lipinski definition) is 6. The number of hydrogen-bond donors (Lipinski definition) is 1. The van der Waals surface area contributed by atoms with Gasteiger partial charge in [0.05, 0.1) is 26.6 Å². The van der Waals surface area contributed by atoms with Gasteiger partial charge in [0.25, 0.3) is 0 Å². The molecule has 0 amide bonds. The molecule has 2 aromatic rings. The lowest BCUT2D eigenvalue weighted by molar-refractivity contribution is -0.149. The van der Waals surface area contributed by atoms with E-state index >= 15 is 0 Å². The molecule has 1 heterocycles. The molecule has 7 heteroatoms. The van der Waals surface area contributed by atoms with Crippen LogP contribution in [0.1, 0.15) is 39.5 Å². The number of benzene rings is 1. The van der Waals surface area contributed by atoms with Crippen LogP contribution < -0.4 is 10.1 Å². The van der Waals surface area contributed by atoms with Gasteiger partial charge in [0.2, 0.25) is 0 Å². The first-order valence-electron chi connectivity index (χ1n) is 10.2. The van der Waals surface area contributed by atoms with Crippen molar-refractivity contribution in [3.8, 4) is 5.75 Å². The molecule has 1 N–H and O–H groups in total. The molecule has 0 saturated heterocycles. The zero-order chi connectivity index (χ0) is 22.5. The molecular weight excluding hydrogens is 398 g/mol. The number of carbonyl (C=O) groups is 1. The summed E-state index contributed by atoms with van der Waals surface area (Å²) >= 11 is 0. The second-order valence-electron chi connectivity index (χ2n) is 9.00. The highest BCUT2D eigenvalue weighted by molar-refractivity contribution is 6.74. The van der Waals surface area contributed by atoms with E-state index in [1.165, 1.54) is 7.11 Å². The molecule has 2 rings (SSSR count). The zero-order valence-electron chi connectivity index (χ0n) is 19.3. The Morgan fingerprint density at radius 3 is 2.20 bits per heavy atom. The molecule has 1 aromatic carbocycles. The second-order valence-corrected chi connectivity index (χ2v) is 13.8. The van der Waals surface area contributed by atoms with Crippen LogP contribution >= 0.6 is 0 Å². The molecule has 0 radical (unpaired) electrons. The Hall–Kier alpha value is -2.25. The van der Waals surface area contributed by atoms with Gasteiger partial charge in [0.15, 0.2) is 8.32 Å². The van der Waals surface area contributed by atoms with E-state index in [0.717, 1.165) is 11.4 Å². The summed E-state index contributed by atoms with van der Waals surface area (Å²) in [5.74, 6) is 0.460. The number of rotatable bonds is 9. The van der Waals surface area contributed by atoms with Gasteiger partial charge in [-0.15, -0.1) is 0 Å². The maximum atomic E-state index is 12.9. The van der Waals surface area contributed by atoms with Crippen molar-refractivity contribution in [3.05, 3.63) is 48.4 Å². The fraction of sp³-hybridized carbons (Fsp3) is 0.522. The maximum absolute atomic E-state index is 12.9. The number of methoxy groups -OCH3 is 2. The first kappa shape index (κ1) is 24.0. The van der Waals surface area contributed by atoms with Crippen LogP contribution in [0.15, 0.2) is 47.1 Å². The van der Waals surface area contributed by atoms with Crippen LogP contribution in [0.25, 0.3) is 0 Å². The number of anilines is 1. The standard InChI is InChI=1S/C23H35NO5Si/c1-16(29-30(7,8)23(2,3)4)20(22(25)27-6)21(19-10-9-15-28-19)24-17-11-13-18(26-5)14-12-17/h9-16,20-21,24H,1-8H3/t16-,20+,21-/m0/s1. The first-order valence-corrected chi connectivity index (χ1v) is 13.1. The summed E-state index contributed by atoms with van der Waals surface area (Å²) in [6, 6.07) is 10.8. The Morgan fingerprint density at radius 2 is 1.73 bits per heavy atom. The van der Waals surface area contributed by atoms with Crippen molar-refractivity contribution in [2.45, 2.75) is 58.0 Å². The van der Waals surface area contributed by atoms with Gasteiger partial charge < -0.3 is 23.6 Å². The third-order valence-electron chi connectivity index (χ3n) is 5.89. The number of esters is 1. The largest absolute Gasteiger partial charge is 0.497 e. The quantitative estimate of drug-likeness (QED) is 0.408. The van der Waals surface area contributed by atoms with Crippen LogP contribution in [0, 0.1) is 5.92 Å². The Morgan fingerprint density at radius 1 is 1.10 bits per heavy atom. The van der Waals surface area contributed by atoms with Crippen LogP contribution in [-0.2, 0) is 14.0 Å². The van der Waals surface area contributed by atoms with Crippen molar-refractivity contribution in [1.82, 2.24) is 0 Å². The molecular formula is C23H35NO5Si. The van der Waals surface area contributed by atoms with Crippen LogP contribution in [0.3, 0.4) is 0 Å². The van der Waals surface area contributed by atoms with Crippen molar-refractivity contribution >= 4 is 20.0 Å². The molecule has 0 saturated carbocycles. The molecule has 0 fully saturated rings. The van der Waals surface area contributed by atoms with Crippen molar-refractivity contribution in [3.63, 3.8) is 0 Å². The summed E-state index contributed by atoms with van der Waals surface area (Å²) in [4.78, 5) is 12.9. The molecule has 6 nitrogen and oxygen atoms in total. The SMILES string of the molecule is COC(=O)[C@H]([C@H](C)O[Si](C)(C)C(C)(C)C)[C@@H](Nc1ccc(OC)cc1)c1ccco1. The highest BCUT2D eigenvalue weighted by Gasteiger charge is 2.44. The van der Waals surface area contributed by atoms with E-state index in [-0.39, 0.29) is 17.1 Å². The molecule has 1 aromatic heterocycles. The van der Waals surface area contributed by atoms with E-state index < -0.39 is 20.3 Å². The van der Waals surface area contributed by atoms with Gasteiger partial charge >= 0.3 is 5.97 Å². The maximum Gasteiger partial charge on any atom is 0.313 e. The van der Waals surface area contributed by atoms with Crippen LogP contribution in [0.2, 0.25) is 18.1 Å². The second kappa shape index (κ2) is 9.70. The number of ether oxygens (including phenoxy) is 2. The van der Waals surface area contributed by atoms with Crippen LogP contribution in [0.4, 0.5) is 5.69 Å². The predicted octanol–water partition coefficient (Wildman–Crippen LogP) is 5.64. The molecule has 0 aliphatic heterocycles. The molecule has 0 spiro atoms. The van der Waals surface area contributed by atoms with Gasteiger partial charge in [0, 0.05) is 5.69 Å². The molecule has 0 aliphatic carbocycles. The Balaban J connectivity index is 2.40. The summed E-state index contributed by atoms with van der Waals surface area (Å²) in [5, 5.41) is 3.46. The monoisotopic (exact) mass is 433 g/mol. The summed E-state index contributed by atoms with van der Waals surface area (Å²) in [7, 11) is 0.923. The minimum atomic E-state index is -2.11. The van der Waals surface area contributed by atoms with Crippen LogP contribution in [0.5, 0.6) is 5.75 Å². The predicted molar refractivity (Wildman–Crippen MR) is 121 cm³/mol. The Labute approximate surface area is 181 Å². The Bertz CT molecular complexity index is 796. The highest BCUT2D eigenvalue weighted by Crippen LogP contribution is 2.40. The van der Waals surface area contributed by atoms with Gasteiger partial charge in [-0.25, -0.2) is 0 Å². The van der Waals surface area contributed by atoms with E-state index in [1.807, 2.05) is 43.3 Å². The number of nitrogens with one attached hydrogen (secondary N) is 1. The highest BCUT2D eigenvalue weighted by atomic mass is 28.4. The van der Waals surface area contributed by atoms with Gasteiger partial charge in [-0.3, -0.25) is 4.79 Å². The van der Waals surface area contributed by atoms with E-state index in [4.69, 9.17) is 18.3 Å². The van der Waals surface area contributed by atoms with E-state index in [9.17, 15) is 4.79 Å². The van der Waals surface area contributed by atoms with Crippen molar-refractivity contribution in [2.75, 3.05) is 19.5 Å². The first-order chi connectivity index (χ1) is 14.0. The van der Waals surface area contributed by atoms with E-state index in [1.54, 1.807) is 13.4 Å². The smallest absolute Gasteiger partial charge is 0.313 e. The lowest BCUT2D eigenvalue weighted by Crippen LogP contribution is -2.48. The Kier molecular flexibility index (Phi) is 7.77. The summed E-state index contributed by atoms with van der Waals surface area (Å²) in [6.07, 6.45) is 1.23. The summed E-state index contributed by atoms with van der Waals surface area (Å²) in [5.41, 5.74) is 0.839. The molecule has 3 atom stereocenters. The van der Waals surface area contributed by atoms with Crippen molar-refractivity contribution < 1.29 is 23.1 Å². The molecule has 0 unspecified atom stereocenters. The topological polar surface area (TPSA) is 69.9 Å². The normalized spacial score (nSPS) is 15.2. The van der Waals surface area contributed by atoms with Crippen LogP contribution in [-0.4, -0.2) is 34.6 Å². The van der Waals surface area contributed by atoms with Crippen molar-refractivity contribution in [2.24, 2.45) is 5.92 Å². The van der Waals surface area contributed by atoms with E-state index in [0.29, 0.717) is 5.76 Å². The van der Waals surface area contributed by atoms with E-state index in [2.05, 4.69) is 39.2 Å². The van der Waals surface area contributed by atoms with Gasteiger partial charge in [0.1, 0.15) is 23.5 Å². The number of carbonyl (C=O) groups excluding carboxylic acids is 1. The van der Waals surface area contributed by atoms with Gasteiger partial charge in [-0.05, 0) is 61.5 Å². The summed E-state index contributed by atoms with van der Waals surface area (Å²) in [6.45, 7) is 12.8. The molecule has 166 valence electrons. The fourth-order valence-electron chi connectivity index (χ4n) is 3.12. The van der Waals surface area contributed by atoms with Crippen molar-refractivity contribution in [1.29, 1.82) is 0 Å².